The van der Waals surface area contributed by atoms with Crippen molar-refractivity contribution in [2.75, 3.05) is 0 Å². The molecule has 0 fully saturated rings. The number of carbonyl (C=O) groups excluding carboxylic acids is 2. The average Bonchev–Trinajstić information content (AvgIpc) is 3.08. The molecule has 0 saturated carbocycles. The van der Waals surface area contributed by atoms with Crippen molar-refractivity contribution in [3.63, 3.8) is 0 Å². The van der Waals surface area contributed by atoms with E-state index in [9.17, 15) is 9.59 Å². The Labute approximate surface area is 135 Å². The molecule has 1 amide bonds. The second-order valence-electron chi connectivity index (χ2n) is 6.07. The highest BCUT2D eigenvalue weighted by Crippen LogP contribution is 2.27. The lowest BCUT2D eigenvalue weighted by molar-refractivity contribution is 0.0913. The van der Waals surface area contributed by atoms with Gasteiger partial charge in [-0.2, -0.15) is 5.10 Å². The fraction of sp³-hybridized carbons (Fsp3) is 0.471. The van der Waals surface area contributed by atoms with Crippen molar-refractivity contribution in [3.05, 3.63) is 40.5 Å². The summed E-state index contributed by atoms with van der Waals surface area (Å²) in [6, 6.07) is 1.78. The van der Waals surface area contributed by atoms with Gasteiger partial charge >= 0.3 is 0 Å². The number of nitrogens with one attached hydrogen (secondary N) is 2. The molecule has 0 radical (unpaired) electrons. The summed E-state index contributed by atoms with van der Waals surface area (Å²) < 4.78 is 1.76. The van der Waals surface area contributed by atoms with E-state index in [0.29, 0.717) is 17.5 Å². The molecule has 1 aliphatic carbocycles. The van der Waals surface area contributed by atoms with Crippen LogP contribution in [0.5, 0.6) is 0 Å². The molecule has 2 aromatic heterocycles. The van der Waals surface area contributed by atoms with Gasteiger partial charge in [0, 0.05) is 31.1 Å². The maximum absolute atomic E-state index is 12.8. The molecule has 0 aromatic carbocycles. The third kappa shape index (κ3) is 2.69. The van der Waals surface area contributed by atoms with E-state index in [1.54, 1.807) is 10.9 Å². The Hall–Kier alpha value is -2.37. The zero-order valence-corrected chi connectivity index (χ0v) is 13.8. The van der Waals surface area contributed by atoms with Crippen molar-refractivity contribution in [2.45, 2.75) is 45.6 Å². The fourth-order valence-corrected chi connectivity index (χ4v) is 3.36. The van der Waals surface area contributed by atoms with Gasteiger partial charge in [0.15, 0.2) is 5.78 Å². The van der Waals surface area contributed by atoms with E-state index in [1.807, 2.05) is 27.0 Å². The van der Waals surface area contributed by atoms with E-state index in [1.165, 1.54) is 0 Å². The third-order valence-corrected chi connectivity index (χ3v) is 4.53. The van der Waals surface area contributed by atoms with E-state index in [-0.39, 0.29) is 17.7 Å². The van der Waals surface area contributed by atoms with Gasteiger partial charge in [-0.1, -0.05) is 6.92 Å². The van der Waals surface area contributed by atoms with Crippen molar-refractivity contribution in [1.29, 1.82) is 0 Å². The van der Waals surface area contributed by atoms with Crippen LogP contribution < -0.4 is 5.32 Å². The minimum absolute atomic E-state index is 0.0642. The number of fused-ring (bicyclic) bond motifs is 1. The van der Waals surface area contributed by atoms with E-state index in [4.69, 9.17) is 0 Å². The molecule has 6 heteroatoms. The number of ketones is 1. The molecule has 23 heavy (non-hydrogen) atoms. The summed E-state index contributed by atoms with van der Waals surface area (Å²) in [4.78, 5) is 28.3. The van der Waals surface area contributed by atoms with Gasteiger partial charge in [0.1, 0.15) is 0 Å². The molecular formula is C17H22N4O2. The Balaban J connectivity index is 1.91. The van der Waals surface area contributed by atoms with Crippen LogP contribution >= 0.6 is 0 Å². The van der Waals surface area contributed by atoms with Crippen LogP contribution in [0.4, 0.5) is 0 Å². The van der Waals surface area contributed by atoms with Crippen LogP contribution in [0.15, 0.2) is 12.3 Å². The molecular weight excluding hydrogens is 292 g/mol. The number of aromatic amines is 1. The molecule has 2 N–H and O–H groups in total. The molecule has 1 aliphatic rings. The number of aromatic nitrogens is 3. The fourth-order valence-electron chi connectivity index (χ4n) is 3.36. The van der Waals surface area contributed by atoms with Crippen molar-refractivity contribution >= 4 is 11.7 Å². The van der Waals surface area contributed by atoms with Gasteiger partial charge in [-0.3, -0.25) is 14.3 Å². The lowest BCUT2D eigenvalue weighted by Crippen LogP contribution is -2.31. The molecule has 2 heterocycles. The van der Waals surface area contributed by atoms with Gasteiger partial charge in [-0.15, -0.1) is 0 Å². The van der Waals surface area contributed by atoms with Crippen LogP contribution in [0.25, 0.3) is 0 Å². The predicted molar refractivity (Wildman–Crippen MR) is 86.5 cm³/mol. The second-order valence-corrected chi connectivity index (χ2v) is 6.07. The lowest BCUT2D eigenvalue weighted by Gasteiger charge is -2.18. The molecule has 2 aromatic rings. The van der Waals surface area contributed by atoms with Gasteiger partial charge in [-0.25, -0.2) is 0 Å². The van der Waals surface area contributed by atoms with Crippen LogP contribution in [0.2, 0.25) is 0 Å². The maximum Gasteiger partial charge on any atom is 0.254 e. The summed E-state index contributed by atoms with van der Waals surface area (Å²) >= 11 is 0. The van der Waals surface area contributed by atoms with Crippen molar-refractivity contribution in [2.24, 2.45) is 7.05 Å². The molecule has 122 valence electrons. The number of aryl methyl sites for hydroxylation is 3. The van der Waals surface area contributed by atoms with Crippen molar-refractivity contribution in [3.8, 4) is 0 Å². The molecule has 0 saturated heterocycles. The largest absolute Gasteiger partial charge is 0.361 e. The van der Waals surface area contributed by atoms with Gasteiger partial charge in [0.2, 0.25) is 0 Å². The zero-order valence-electron chi connectivity index (χ0n) is 13.8. The first-order valence-electron chi connectivity index (χ1n) is 8.06. The van der Waals surface area contributed by atoms with Gasteiger partial charge in [0.05, 0.1) is 22.9 Å². The zero-order chi connectivity index (χ0) is 16.6. The quantitative estimate of drug-likeness (QED) is 0.909. The first-order chi connectivity index (χ1) is 11.0. The monoisotopic (exact) mass is 314 g/mol. The normalized spacial score (nSPS) is 15.3. The smallest absolute Gasteiger partial charge is 0.254 e. The van der Waals surface area contributed by atoms with E-state index in [0.717, 1.165) is 36.3 Å². The van der Waals surface area contributed by atoms with Gasteiger partial charge in [0.25, 0.3) is 5.91 Å². The van der Waals surface area contributed by atoms with Crippen molar-refractivity contribution in [1.82, 2.24) is 20.1 Å². The van der Waals surface area contributed by atoms with Crippen LogP contribution in [-0.4, -0.2) is 26.5 Å². The average molecular weight is 314 g/mol. The third-order valence-electron chi connectivity index (χ3n) is 4.53. The highest BCUT2D eigenvalue weighted by molar-refractivity contribution is 6.10. The van der Waals surface area contributed by atoms with Crippen LogP contribution in [-0.2, 0) is 13.5 Å². The molecule has 6 nitrogen and oxygen atoms in total. The second kappa shape index (κ2) is 6.02. The Morgan fingerprint density at radius 1 is 1.48 bits per heavy atom. The Morgan fingerprint density at radius 2 is 2.26 bits per heavy atom. The summed E-state index contributed by atoms with van der Waals surface area (Å²) in [5.74, 6) is -0.127. The lowest BCUT2D eigenvalue weighted by atomic mass is 9.92. The number of Topliss-reactive ketones (excluding diaryl/α,β-unsaturated/α-hetero) is 1. The number of H-pyrrole nitrogens is 1. The SMILES string of the molecule is CC[C@H](NC(=O)c1c(C)[nH]c2c1C(=O)CCC2)c1ccnn1C. The number of amides is 1. The topological polar surface area (TPSA) is 79.8 Å². The molecule has 0 aliphatic heterocycles. The van der Waals surface area contributed by atoms with E-state index < -0.39 is 0 Å². The predicted octanol–water partition coefficient (Wildman–Crippen LogP) is 2.46. The minimum atomic E-state index is -0.191. The number of hydrogen-bond donors (Lipinski definition) is 2. The standard InChI is InChI=1S/C17H22N4O2/c1-4-11(13-8-9-18-21(13)3)20-17(23)15-10(2)19-12-6-5-7-14(22)16(12)15/h8-9,11,19H,4-7H2,1-3H3,(H,20,23)/t11-/m0/s1. The molecule has 0 spiro atoms. The Morgan fingerprint density at radius 3 is 2.91 bits per heavy atom. The van der Waals surface area contributed by atoms with Gasteiger partial charge < -0.3 is 10.3 Å². The first kappa shape index (κ1) is 15.5. The molecule has 3 rings (SSSR count). The first-order valence-corrected chi connectivity index (χ1v) is 8.06. The van der Waals surface area contributed by atoms with Gasteiger partial charge in [-0.05, 0) is 32.3 Å². The van der Waals surface area contributed by atoms with E-state index in [2.05, 4.69) is 15.4 Å². The molecule has 0 unspecified atom stereocenters. The summed E-state index contributed by atoms with van der Waals surface area (Å²) in [6.45, 7) is 3.87. The summed E-state index contributed by atoms with van der Waals surface area (Å²) in [5.41, 5.74) is 3.71. The maximum atomic E-state index is 12.8. The van der Waals surface area contributed by atoms with Crippen LogP contribution in [0, 0.1) is 6.92 Å². The van der Waals surface area contributed by atoms with Crippen LogP contribution in [0.1, 0.15) is 70.0 Å². The summed E-state index contributed by atoms with van der Waals surface area (Å²) in [7, 11) is 1.86. The van der Waals surface area contributed by atoms with Crippen LogP contribution in [0.3, 0.4) is 0 Å². The highest BCUT2D eigenvalue weighted by Gasteiger charge is 2.29. The summed E-state index contributed by atoms with van der Waals surface area (Å²) in [6.07, 6.45) is 4.67. The van der Waals surface area contributed by atoms with Crippen molar-refractivity contribution < 1.29 is 9.59 Å². The number of hydrogen-bond acceptors (Lipinski definition) is 3. The number of nitrogens with zero attached hydrogens (tertiary/aromatic N) is 2. The van der Waals surface area contributed by atoms with E-state index >= 15 is 0 Å². The Kier molecular flexibility index (Phi) is 4.07. The summed E-state index contributed by atoms with van der Waals surface area (Å²) in [5, 5.41) is 7.21. The molecule has 0 bridgehead atoms. The highest BCUT2D eigenvalue weighted by atomic mass is 16.2. The molecule has 1 atom stereocenters. The Bertz CT molecular complexity index is 757. The number of rotatable bonds is 4. The number of carbonyl (C=O) groups is 2. The minimum Gasteiger partial charge on any atom is -0.361 e.